The Labute approximate surface area is 135 Å². The fourth-order valence-electron chi connectivity index (χ4n) is 3.24. The summed E-state index contributed by atoms with van der Waals surface area (Å²) in [6.07, 6.45) is 3.91. The second kappa shape index (κ2) is 9.36. The van der Waals surface area contributed by atoms with E-state index >= 15 is 0 Å². The van der Waals surface area contributed by atoms with E-state index in [1.807, 2.05) is 0 Å². The van der Waals surface area contributed by atoms with Crippen LogP contribution in [0.2, 0.25) is 0 Å². The van der Waals surface area contributed by atoms with Gasteiger partial charge in [-0.1, -0.05) is 20.8 Å². The molecule has 0 aromatic carbocycles. The molecule has 0 aromatic heterocycles. The summed E-state index contributed by atoms with van der Waals surface area (Å²) in [6, 6.07) is -0.0929. The van der Waals surface area contributed by atoms with Crippen LogP contribution < -0.4 is 10.6 Å². The van der Waals surface area contributed by atoms with E-state index in [4.69, 9.17) is 0 Å². The van der Waals surface area contributed by atoms with Gasteiger partial charge in [-0.3, -0.25) is 0 Å². The van der Waals surface area contributed by atoms with Gasteiger partial charge < -0.3 is 20.6 Å². The summed E-state index contributed by atoms with van der Waals surface area (Å²) < 4.78 is 0. The average Bonchev–Trinajstić information content (AvgIpc) is 2.45. The maximum atomic E-state index is 11.8. The molecule has 3 N–H and O–H groups in total. The van der Waals surface area contributed by atoms with E-state index in [-0.39, 0.29) is 17.6 Å². The van der Waals surface area contributed by atoms with Crippen molar-refractivity contribution in [1.82, 2.24) is 15.5 Å². The maximum Gasteiger partial charge on any atom is 0.314 e. The maximum absolute atomic E-state index is 11.8. The zero-order valence-electron chi connectivity index (χ0n) is 14.8. The summed E-state index contributed by atoms with van der Waals surface area (Å²) in [5, 5.41) is 15.3. The van der Waals surface area contributed by atoms with Gasteiger partial charge in [0, 0.05) is 13.1 Å². The summed E-state index contributed by atoms with van der Waals surface area (Å²) >= 11 is 0. The van der Waals surface area contributed by atoms with Crippen molar-refractivity contribution in [3.8, 4) is 0 Å². The summed E-state index contributed by atoms with van der Waals surface area (Å²) in [7, 11) is 0. The number of urea groups is 1. The Morgan fingerprint density at radius 2 is 1.95 bits per heavy atom. The highest BCUT2D eigenvalue weighted by Crippen LogP contribution is 2.21. The third-order valence-electron chi connectivity index (χ3n) is 4.57. The number of nitrogens with one attached hydrogen (secondary N) is 2. The molecule has 1 atom stereocenters. The molecule has 0 aromatic rings. The van der Waals surface area contributed by atoms with Gasteiger partial charge in [-0.05, 0) is 63.6 Å². The minimum absolute atomic E-state index is 0.0848. The van der Waals surface area contributed by atoms with E-state index in [0.717, 1.165) is 25.4 Å². The molecule has 0 radical (unpaired) electrons. The van der Waals surface area contributed by atoms with E-state index in [1.54, 1.807) is 6.92 Å². The molecule has 0 spiro atoms. The number of amides is 2. The van der Waals surface area contributed by atoms with Crippen LogP contribution in [0.1, 0.15) is 53.4 Å². The van der Waals surface area contributed by atoms with Crippen LogP contribution in [0.3, 0.4) is 0 Å². The Morgan fingerprint density at radius 1 is 1.32 bits per heavy atom. The number of aliphatic hydroxyl groups is 1. The smallest absolute Gasteiger partial charge is 0.314 e. The molecule has 0 saturated carbocycles. The van der Waals surface area contributed by atoms with Gasteiger partial charge in [0.2, 0.25) is 0 Å². The van der Waals surface area contributed by atoms with Crippen molar-refractivity contribution in [3.05, 3.63) is 0 Å². The summed E-state index contributed by atoms with van der Waals surface area (Å²) in [4.78, 5) is 14.3. The van der Waals surface area contributed by atoms with Gasteiger partial charge in [0.15, 0.2) is 0 Å². The number of aliphatic hydroxyl groups excluding tert-OH is 1. The highest BCUT2D eigenvalue weighted by Gasteiger charge is 2.21. The van der Waals surface area contributed by atoms with Gasteiger partial charge in [0.25, 0.3) is 0 Å². The number of likely N-dealkylation sites (tertiary alicyclic amines) is 1. The molecular formula is C17H35N3O2. The molecule has 5 heteroatoms. The zero-order chi connectivity index (χ0) is 16.6. The van der Waals surface area contributed by atoms with Crippen LogP contribution in [0, 0.1) is 11.3 Å². The van der Waals surface area contributed by atoms with Crippen LogP contribution in [-0.4, -0.2) is 54.9 Å². The molecule has 130 valence electrons. The number of carbonyl (C=O) groups is 1. The molecule has 1 unspecified atom stereocenters. The van der Waals surface area contributed by atoms with E-state index in [2.05, 4.69) is 36.3 Å². The van der Waals surface area contributed by atoms with Gasteiger partial charge in [0.05, 0.1) is 6.10 Å². The molecule has 1 saturated heterocycles. The van der Waals surface area contributed by atoms with E-state index < -0.39 is 0 Å². The lowest BCUT2D eigenvalue weighted by atomic mass is 9.87. The molecule has 0 bridgehead atoms. The summed E-state index contributed by atoms with van der Waals surface area (Å²) in [5.41, 5.74) is -0.0848. The fourth-order valence-corrected chi connectivity index (χ4v) is 3.24. The Balaban J connectivity index is 2.11. The molecule has 1 rings (SSSR count). The van der Waals surface area contributed by atoms with Crippen molar-refractivity contribution in [2.75, 3.05) is 32.7 Å². The topological polar surface area (TPSA) is 64.6 Å². The number of hydrogen-bond acceptors (Lipinski definition) is 3. The minimum atomic E-state index is -0.339. The van der Waals surface area contributed by atoms with Crippen LogP contribution >= 0.6 is 0 Å². The van der Waals surface area contributed by atoms with Gasteiger partial charge in [-0.25, -0.2) is 4.79 Å². The van der Waals surface area contributed by atoms with Crippen LogP contribution in [0.15, 0.2) is 0 Å². The first kappa shape index (κ1) is 19.2. The van der Waals surface area contributed by atoms with E-state index in [1.165, 1.54) is 25.9 Å². The molecule has 2 amide bonds. The summed E-state index contributed by atoms with van der Waals surface area (Å²) in [6.45, 7) is 13.0. The van der Waals surface area contributed by atoms with Gasteiger partial charge in [0.1, 0.15) is 0 Å². The van der Waals surface area contributed by atoms with E-state index in [0.29, 0.717) is 13.0 Å². The number of carbonyl (C=O) groups excluding carboxylic acids is 1. The van der Waals surface area contributed by atoms with Crippen molar-refractivity contribution in [2.24, 2.45) is 11.3 Å². The number of nitrogens with zero attached hydrogens (tertiary/aromatic N) is 1. The van der Waals surface area contributed by atoms with Crippen LogP contribution in [-0.2, 0) is 0 Å². The number of piperidine rings is 1. The second-order valence-electron chi connectivity index (χ2n) is 7.49. The van der Waals surface area contributed by atoms with Crippen molar-refractivity contribution in [2.45, 2.75) is 59.5 Å². The Morgan fingerprint density at radius 3 is 2.50 bits per heavy atom. The molecule has 5 nitrogen and oxygen atoms in total. The zero-order valence-corrected chi connectivity index (χ0v) is 14.8. The SMILES string of the molecule is CCN1CCC(CCNC(=O)NCC(C)(C)CC(C)O)CC1. The average molecular weight is 313 g/mol. The standard InChI is InChI=1S/C17H35N3O2/c1-5-20-10-7-15(8-11-20)6-9-18-16(22)19-13-17(3,4)12-14(2)21/h14-15,21H,5-13H2,1-4H3,(H2,18,19,22). The van der Waals surface area contributed by atoms with Crippen LogP contribution in [0.5, 0.6) is 0 Å². The van der Waals surface area contributed by atoms with Crippen molar-refractivity contribution >= 4 is 6.03 Å². The largest absolute Gasteiger partial charge is 0.393 e. The number of rotatable bonds is 8. The van der Waals surface area contributed by atoms with Gasteiger partial charge in [-0.15, -0.1) is 0 Å². The van der Waals surface area contributed by atoms with E-state index in [9.17, 15) is 9.90 Å². The van der Waals surface area contributed by atoms with Gasteiger partial charge >= 0.3 is 6.03 Å². The first-order chi connectivity index (χ1) is 10.3. The molecular weight excluding hydrogens is 278 g/mol. The molecule has 22 heavy (non-hydrogen) atoms. The Kier molecular flexibility index (Phi) is 8.18. The fraction of sp³-hybridized carbons (Fsp3) is 0.941. The second-order valence-corrected chi connectivity index (χ2v) is 7.49. The monoisotopic (exact) mass is 313 g/mol. The molecule has 1 heterocycles. The predicted molar refractivity (Wildman–Crippen MR) is 90.9 cm³/mol. The highest BCUT2D eigenvalue weighted by atomic mass is 16.3. The van der Waals surface area contributed by atoms with Crippen molar-refractivity contribution < 1.29 is 9.90 Å². The van der Waals surface area contributed by atoms with Crippen LogP contribution in [0.25, 0.3) is 0 Å². The Bertz CT molecular complexity index is 324. The lowest BCUT2D eigenvalue weighted by molar-refractivity contribution is 0.128. The lowest BCUT2D eigenvalue weighted by Gasteiger charge is -2.31. The predicted octanol–water partition coefficient (Wildman–Crippen LogP) is 2.20. The minimum Gasteiger partial charge on any atom is -0.393 e. The molecule has 1 aliphatic heterocycles. The molecule has 0 aliphatic carbocycles. The highest BCUT2D eigenvalue weighted by molar-refractivity contribution is 5.73. The quantitative estimate of drug-likeness (QED) is 0.644. The molecule has 1 fully saturated rings. The van der Waals surface area contributed by atoms with Crippen molar-refractivity contribution in [3.63, 3.8) is 0 Å². The first-order valence-corrected chi connectivity index (χ1v) is 8.74. The normalized spacial score (nSPS) is 19.0. The lowest BCUT2D eigenvalue weighted by Crippen LogP contribution is -2.42. The molecule has 1 aliphatic rings. The summed E-state index contributed by atoms with van der Waals surface area (Å²) in [5.74, 6) is 0.745. The van der Waals surface area contributed by atoms with Crippen molar-refractivity contribution in [1.29, 1.82) is 0 Å². The third kappa shape index (κ3) is 7.99. The van der Waals surface area contributed by atoms with Gasteiger partial charge in [-0.2, -0.15) is 0 Å². The first-order valence-electron chi connectivity index (χ1n) is 8.74. The Hall–Kier alpha value is -0.810. The van der Waals surface area contributed by atoms with Crippen LogP contribution in [0.4, 0.5) is 4.79 Å². The number of hydrogen-bond donors (Lipinski definition) is 3. The third-order valence-corrected chi connectivity index (χ3v) is 4.57.